The molecule has 2 N–H and O–H groups in total. The number of aromatic carboxylic acids is 1. The first-order chi connectivity index (χ1) is 15.2. The number of halogens is 3. The second-order valence-corrected chi connectivity index (χ2v) is 7.64. The van der Waals surface area contributed by atoms with Crippen LogP contribution in [-0.4, -0.2) is 17.0 Å². The van der Waals surface area contributed by atoms with Crippen LogP contribution in [0.5, 0.6) is 11.5 Å². The van der Waals surface area contributed by atoms with Crippen LogP contribution in [0, 0.1) is 24.1 Å². The van der Waals surface area contributed by atoms with Gasteiger partial charge in [0, 0.05) is 16.3 Å². The molecule has 0 radical (unpaired) electrons. The summed E-state index contributed by atoms with van der Waals surface area (Å²) in [5, 5.41) is 20.9. The number of carbonyl (C=O) groups excluding carboxylic acids is 1. The van der Waals surface area contributed by atoms with E-state index in [0.29, 0.717) is 11.3 Å². The van der Waals surface area contributed by atoms with Gasteiger partial charge in [-0.05, 0) is 55.0 Å². The number of aryl methyl sites for hydroxylation is 1. The second kappa shape index (κ2) is 9.69. The number of nitrogens with one attached hydrogen (secondary N) is 1. The first kappa shape index (κ1) is 23.1. The van der Waals surface area contributed by atoms with Gasteiger partial charge >= 0.3 is 5.97 Å². The minimum Gasteiger partial charge on any atom is -0.478 e. The van der Waals surface area contributed by atoms with Crippen LogP contribution in [0.25, 0.3) is 0 Å². The lowest BCUT2D eigenvalue weighted by Crippen LogP contribution is -2.16. The number of rotatable bonds is 6. The van der Waals surface area contributed by atoms with E-state index in [-0.39, 0.29) is 44.7 Å². The van der Waals surface area contributed by atoms with E-state index >= 15 is 4.39 Å². The van der Waals surface area contributed by atoms with Crippen LogP contribution in [0.3, 0.4) is 0 Å². The van der Waals surface area contributed by atoms with Crippen LogP contribution in [0.15, 0.2) is 48.5 Å². The van der Waals surface area contributed by atoms with Gasteiger partial charge in [-0.25, -0.2) is 9.18 Å². The predicted octanol–water partition coefficient (Wildman–Crippen LogP) is 5.98. The molecule has 9 heteroatoms. The number of ether oxygens (including phenoxy) is 1. The molecule has 0 aromatic heterocycles. The highest BCUT2D eigenvalue weighted by molar-refractivity contribution is 6.32. The van der Waals surface area contributed by atoms with Crippen molar-refractivity contribution in [1.29, 1.82) is 5.26 Å². The Morgan fingerprint density at radius 3 is 2.56 bits per heavy atom. The standard InChI is InChI=1S/C23H15Cl2FN2O4/c1-12-6-15(23(30)31)3-5-19(12)28-20(29)9-14-2-4-18(25)22(21(14)26)32-17-8-13(11-27)7-16(24)10-17/h2-8,10H,9H2,1H3,(H,28,29)(H,30,31). The molecular formula is C23H15Cl2FN2O4. The number of hydrogen-bond acceptors (Lipinski definition) is 4. The van der Waals surface area contributed by atoms with E-state index in [0.717, 1.165) is 0 Å². The molecule has 0 spiro atoms. The van der Waals surface area contributed by atoms with Crippen LogP contribution in [0.1, 0.15) is 27.0 Å². The molecule has 0 fully saturated rings. The molecule has 0 unspecified atom stereocenters. The Kier molecular flexibility index (Phi) is 6.98. The Hall–Kier alpha value is -3.60. The van der Waals surface area contributed by atoms with Gasteiger partial charge in [-0.2, -0.15) is 5.26 Å². The smallest absolute Gasteiger partial charge is 0.335 e. The zero-order valence-electron chi connectivity index (χ0n) is 16.6. The fraction of sp³-hybridized carbons (Fsp3) is 0.0870. The van der Waals surface area contributed by atoms with E-state index in [1.54, 1.807) is 6.92 Å². The Balaban J connectivity index is 1.81. The van der Waals surface area contributed by atoms with Crippen molar-refractivity contribution in [3.63, 3.8) is 0 Å². The van der Waals surface area contributed by atoms with Crippen LogP contribution in [-0.2, 0) is 11.2 Å². The van der Waals surface area contributed by atoms with Crippen molar-refractivity contribution in [2.24, 2.45) is 0 Å². The zero-order chi connectivity index (χ0) is 23.4. The fourth-order valence-corrected chi connectivity index (χ4v) is 3.32. The first-order valence-electron chi connectivity index (χ1n) is 9.17. The molecule has 162 valence electrons. The largest absolute Gasteiger partial charge is 0.478 e. The third kappa shape index (κ3) is 5.35. The topological polar surface area (TPSA) is 99.4 Å². The Labute approximate surface area is 192 Å². The summed E-state index contributed by atoms with van der Waals surface area (Å²) in [6.07, 6.45) is -0.321. The lowest BCUT2D eigenvalue weighted by molar-refractivity contribution is -0.115. The molecule has 0 heterocycles. The molecule has 6 nitrogen and oxygen atoms in total. The van der Waals surface area contributed by atoms with Gasteiger partial charge < -0.3 is 15.2 Å². The number of hydrogen-bond donors (Lipinski definition) is 2. The molecule has 0 aliphatic rings. The fourth-order valence-electron chi connectivity index (χ4n) is 2.91. The summed E-state index contributed by atoms with van der Waals surface area (Å²) in [5.74, 6) is -2.61. The summed E-state index contributed by atoms with van der Waals surface area (Å²) in [7, 11) is 0. The number of benzene rings is 3. The highest BCUT2D eigenvalue weighted by atomic mass is 35.5. The Bertz CT molecular complexity index is 1270. The molecule has 0 saturated carbocycles. The summed E-state index contributed by atoms with van der Waals surface area (Å²) in [6.45, 7) is 1.65. The molecule has 3 aromatic rings. The maximum atomic E-state index is 15.1. The monoisotopic (exact) mass is 472 g/mol. The summed E-state index contributed by atoms with van der Waals surface area (Å²) in [6, 6.07) is 13.1. The molecule has 0 atom stereocenters. The van der Waals surface area contributed by atoms with Crippen molar-refractivity contribution in [1.82, 2.24) is 0 Å². The summed E-state index contributed by atoms with van der Waals surface area (Å²) >= 11 is 12.0. The van der Waals surface area contributed by atoms with Gasteiger partial charge in [0.15, 0.2) is 11.6 Å². The normalized spacial score (nSPS) is 10.3. The van der Waals surface area contributed by atoms with E-state index in [2.05, 4.69) is 5.32 Å². The van der Waals surface area contributed by atoms with E-state index < -0.39 is 17.7 Å². The quantitative estimate of drug-likeness (QED) is 0.459. The Morgan fingerprint density at radius 1 is 1.16 bits per heavy atom. The highest BCUT2D eigenvalue weighted by Gasteiger charge is 2.18. The molecule has 0 aliphatic carbocycles. The van der Waals surface area contributed by atoms with Crippen molar-refractivity contribution >= 4 is 40.8 Å². The summed E-state index contributed by atoms with van der Waals surface area (Å²) in [4.78, 5) is 23.5. The van der Waals surface area contributed by atoms with Crippen LogP contribution >= 0.6 is 23.2 Å². The Morgan fingerprint density at radius 2 is 1.91 bits per heavy atom. The zero-order valence-corrected chi connectivity index (χ0v) is 18.1. The minimum atomic E-state index is -1.08. The van der Waals surface area contributed by atoms with Crippen molar-refractivity contribution in [3.05, 3.63) is 86.6 Å². The van der Waals surface area contributed by atoms with Gasteiger partial charge in [-0.3, -0.25) is 4.79 Å². The lowest BCUT2D eigenvalue weighted by atomic mass is 10.1. The lowest BCUT2D eigenvalue weighted by Gasteiger charge is -2.13. The number of nitrogens with zero attached hydrogens (tertiary/aromatic N) is 1. The van der Waals surface area contributed by atoms with E-state index in [1.807, 2.05) is 6.07 Å². The average molecular weight is 473 g/mol. The van der Waals surface area contributed by atoms with Crippen LogP contribution in [0.4, 0.5) is 10.1 Å². The number of amides is 1. The van der Waals surface area contributed by atoms with Gasteiger partial charge in [0.2, 0.25) is 5.91 Å². The van der Waals surface area contributed by atoms with Crippen molar-refractivity contribution in [3.8, 4) is 17.6 Å². The second-order valence-electron chi connectivity index (χ2n) is 6.80. The molecule has 3 aromatic carbocycles. The van der Waals surface area contributed by atoms with E-state index in [4.69, 9.17) is 38.3 Å². The summed E-state index contributed by atoms with van der Waals surface area (Å²) < 4.78 is 20.6. The number of carboxylic acids is 1. The third-order valence-corrected chi connectivity index (χ3v) is 4.96. The molecule has 0 aliphatic heterocycles. The van der Waals surface area contributed by atoms with Gasteiger partial charge in [0.25, 0.3) is 0 Å². The minimum absolute atomic E-state index is 0.0229. The molecule has 1 amide bonds. The van der Waals surface area contributed by atoms with E-state index in [1.165, 1.54) is 48.5 Å². The van der Waals surface area contributed by atoms with Crippen molar-refractivity contribution < 1.29 is 23.8 Å². The molecule has 0 saturated heterocycles. The SMILES string of the molecule is Cc1cc(C(=O)O)ccc1NC(=O)Cc1ccc(Cl)c(Oc2cc(Cl)cc(C#N)c2)c1F. The maximum absolute atomic E-state index is 15.1. The summed E-state index contributed by atoms with van der Waals surface area (Å²) in [5.41, 5.74) is 1.31. The van der Waals surface area contributed by atoms with Gasteiger partial charge in [0.1, 0.15) is 5.75 Å². The van der Waals surface area contributed by atoms with Crippen molar-refractivity contribution in [2.45, 2.75) is 13.3 Å². The predicted molar refractivity (Wildman–Crippen MR) is 118 cm³/mol. The number of carbonyl (C=O) groups is 2. The van der Waals surface area contributed by atoms with Crippen LogP contribution < -0.4 is 10.1 Å². The molecule has 3 rings (SSSR count). The average Bonchev–Trinajstić information content (AvgIpc) is 2.74. The third-order valence-electron chi connectivity index (χ3n) is 4.45. The first-order valence-corrected chi connectivity index (χ1v) is 9.92. The van der Waals surface area contributed by atoms with Gasteiger partial charge in [-0.15, -0.1) is 0 Å². The van der Waals surface area contributed by atoms with Crippen molar-refractivity contribution in [2.75, 3.05) is 5.32 Å². The highest BCUT2D eigenvalue weighted by Crippen LogP contribution is 2.35. The van der Waals surface area contributed by atoms with Gasteiger partial charge in [-0.1, -0.05) is 29.3 Å². The molecule has 32 heavy (non-hydrogen) atoms. The maximum Gasteiger partial charge on any atom is 0.335 e. The molecule has 0 bridgehead atoms. The molecular weight excluding hydrogens is 458 g/mol. The van der Waals surface area contributed by atoms with E-state index in [9.17, 15) is 9.59 Å². The number of nitriles is 1. The number of carboxylic acid groups (broad SMARTS) is 1. The van der Waals surface area contributed by atoms with Crippen LogP contribution in [0.2, 0.25) is 10.0 Å². The number of anilines is 1. The van der Waals surface area contributed by atoms with Gasteiger partial charge in [0.05, 0.1) is 28.6 Å².